The SMILES string of the molecule is O=C(C/C=C/CNC(=O)OCC1c2ccccc2-c2ccccc21)OC1CCCCCCC1. The highest BCUT2D eigenvalue weighted by Gasteiger charge is 2.28. The molecule has 0 heterocycles. The lowest BCUT2D eigenvalue weighted by atomic mass is 9.98. The number of carbonyl (C=O) groups excluding carboxylic acids is 2. The number of ether oxygens (including phenoxy) is 2. The second-order valence-electron chi connectivity index (χ2n) is 8.84. The lowest BCUT2D eigenvalue weighted by molar-refractivity contribution is -0.148. The van der Waals surface area contributed by atoms with Crippen molar-refractivity contribution < 1.29 is 19.1 Å². The Morgan fingerprint density at radius 1 is 0.848 bits per heavy atom. The van der Waals surface area contributed by atoms with Gasteiger partial charge in [0.15, 0.2) is 0 Å². The van der Waals surface area contributed by atoms with Crippen LogP contribution >= 0.6 is 0 Å². The van der Waals surface area contributed by atoms with E-state index < -0.39 is 6.09 Å². The minimum atomic E-state index is -0.460. The van der Waals surface area contributed by atoms with Crippen LogP contribution in [0.4, 0.5) is 4.79 Å². The molecule has 1 fully saturated rings. The molecule has 2 aromatic rings. The van der Waals surface area contributed by atoms with Gasteiger partial charge in [0.25, 0.3) is 0 Å². The summed E-state index contributed by atoms with van der Waals surface area (Å²) < 4.78 is 11.1. The van der Waals surface area contributed by atoms with E-state index in [1.807, 2.05) is 24.3 Å². The molecule has 1 N–H and O–H groups in total. The minimum Gasteiger partial charge on any atom is -0.462 e. The molecule has 33 heavy (non-hydrogen) atoms. The maximum atomic E-state index is 12.2. The molecule has 4 rings (SSSR count). The van der Waals surface area contributed by atoms with E-state index in [0.717, 1.165) is 25.7 Å². The van der Waals surface area contributed by atoms with E-state index in [4.69, 9.17) is 9.47 Å². The average Bonchev–Trinajstić information content (AvgIpc) is 3.13. The van der Waals surface area contributed by atoms with Gasteiger partial charge in [-0.25, -0.2) is 4.79 Å². The summed E-state index contributed by atoms with van der Waals surface area (Å²) in [6.45, 7) is 0.602. The molecule has 0 bridgehead atoms. The van der Waals surface area contributed by atoms with Crippen molar-refractivity contribution in [3.8, 4) is 11.1 Å². The van der Waals surface area contributed by atoms with Crippen molar-refractivity contribution in [3.63, 3.8) is 0 Å². The van der Waals surface area contributed by atoms with Gasteiger partial charge in [0.2, 0.25) is 0 Å². The third kappa shape index (κ3) is 6.25. The van der Waals surface area contributed by atoms with Gasteiger partial charge in [-0.2, -0.15) is 0 Å². The van der Waals surface area contributed by atoms with Crippen LogP contribution in [0.2, 0.25) is 0 Å². The lowest BCUT2D eigenvalue weighted by Crippen LogP contribution is -2.26. The molecule has 1 amide bonds. The molecule has 0 atom stereocenters. The predicted molar refractivity (Wildman–Crippen MR) is 129 cm³/mol. The number of rotatable bonds is 7. The first-order valence-corrected chi connectivity index (χ1v) is 12.2. The van der Waals surface area contributed by atoms with Crippen LogP contribution in [0, 0.1) is 0 Å². The number of hydrogen-bond acceptors (Lipinski definition) is 4. The van der Waals surface area contributed by atoms with Gasteiger partial charge in [0.1, 0.15) is 12.7 Å². The Morgan fingerprint density at radius 2 is 1.45 bits per heavy atom. The monoisotopic (exact) mass is 447 g/mol. The number of alkyl carbamates (subject to hydrolysis) is 1. The third-order valence-corrected chi connectivity index (χ3v) is 6.51. The number of hydrogen-bond donors (Lipinski definition) is 1. The van der Waals surface area contributed by atoms with E-state index in [9.17, 15) is 9.59 Å². The topological polar surface area (TPSA) is 64.6 Å². The van der Waals surface area contributed by atoms with Crippen LogP contribution in [0.3, 0.4) is 0 Å². The molecule has 5 nitrogen and oxygen atoms in total. The number of esters is 1. The Hall–Kier alpha value is -3.08. The van der Waals surface area contributed by atoms with E-state index in [2.05, 4.69) is 29.6 Å². The van der Waals surface area contributed by atoms with Crippen LogP contribution < -0.4 is 5.32 Å². The van der Waals surface area contributed by atoms with Crippen molar-refractivity contribution >= 4 is 12.1 Å². The Kier molecular flexibility index (Phi) is 8.18. The average molecular weight is 448 g/mol. The van der Waals surface area contributed by atoms with E-state index in [-0.39, 0.29) is 31.0 Å². The summed E-state index contributed by atoms with van der Waals surface area (Å²) in [5.41, 5.74) is 4.79. The molecule has 2 aliphatic carbocycles. The Labute approximate surface area is 196 Å². The predicted octanol–water partition coefficient (Wildman–Crippen LogP) is 6.13. The zero-order valence-corrected chi connectivity index (χ0v) is 19.1. The molecule has 0 spiro atoms. The Bertz CT molecular complexity index is 930. The van der Waals surface area contributed by atoms with Crippen LogP contribution in [0.25, 0.3) is 11.1 Å². The highest BCUT2D eigenvalue weighted by molar-refractivity contribution is 5.79. The quantitative estimate of drug-likeness (QED) is 0.410. The molecule has 2 aromatic carbocycles. The lowest BCUT2D eigenvalue weighted by Gasteiger charge is -2.19. The number of fused-ring (bicyclic) bond motifs is 3. The number of nitrogens with one attached hydrogen (secondary N) is 1. The first-order valence-electron chi connectivity index (χ1n) is 12.2. The van der Waals surface area contributed by atoms with E-state index in [1.54, 1.807) is 12.2 Å². The highest BCUT2D eigenvalue weighted by Crippen LogP contribution is 2.44. The maximum absolute atomic E-state index is 12.2. The summed E-state index contributed by atoms with van der Waals surface area (Å²) in [6.07, 6.45) is 11.3. The molecule has 5 heteroatoms. The van der Waals surface area contributed by atoms with Gasteiger partial charge in [0, 0.05) is 12.5 Å². The molecule has 2 aliphatic rings. The third-order valence-electron chi connectivity index (χ3n) is 6.51. The van der Waals surface area contributed by atoms with Crippen molar-refractivity contribution in [3.05, 3.63) is 71.8 Å². The molecule has 0 radical (unpaired) electrons. The number of benzene rings is 2. The van der Waals surface area contributed by atoms with E-state index >= 15 is 0 Å². The normalized spacial score (nSPS) is 16.5. The smallest absolute Gasteiger partial charge is 0.407 e. The molecule has 0 aliphatic heterocycles. The van der Waals surface area contributed by atoms with Crippen LogP contribution in [0.15, 0.2) is 60.7 Å². The van der Waals surface area contributed by atoms with Crippen molar-refractivity contribution in [1.82, 2.24) is 5.32 Å². The molecule has 0 aromatic heterocycles. The van der Waals surface area contributed by atoms with Gasteiger partial charge in [-0.15, -0.1) is 0 Å². The largest absolute Gasteiger partial charge is 0.462 e. The molecule has 0 unspecified atom stereocenters. The van der Waals surface area contributed by atoms with Crippen molar-refractivity contribution in [2.24, 2.45) is 0 Å². The fourth-order valence-electron chi connectivity index (χ4n) is 4.83. The molecule has 174 valence electrons. The Balaban J connectivity index is 1.17. The summed E-state index contributed by atoms with van der Waals surface area (Å²) in [5, 5.41) is 2.72. The van der Waals surface area contributed by atoms with Crippen molar-refractivity contribution in [1.29, 1.82) is 0 Å². The summed E-state index contributed by atoms with van der Waals surface area (Å²) in [6, 6.07) is 16.5. The van der Waals surface area contributed by atoms with Crippen LogP contribution in [-0.2, 0) is 14.3 Å². The fraction of sp³-hybridized carbons (Fsp3) is 0.429. The van der Waals surface area contributed by atoms with Gasteiger partial charge in [-0.05, 0) is 47.9 Å². The summed E-state index contributed by atoms with van der Waals surface area (Å²) in [7, 11) is 0. The first-order chi connectivity index (χ1) is 16.2. The van der Waals surface area contributed by atoms with Gasteiger partial charge in [0.05, 0.1) is 6.42 Å². The Morgan fingerprint density at radius 3 is 2.12 bits per heavy atom. The zero-order valence-electron chi connectivity index (χ0n) is 19.1. The number of carbonyl (C=O) groups is 2. The number of amides is 1. The molecular formula is C28H33NO4. The maximum Gasteiger partial charge on any atom is 0.407 e. The second-order valence-corrected chi connectivity index (χ2v) is 8.84. The van der Waals surface area contributed by atoms with Gasteiger partial charge in [-0.3, -0.25) is 4.79 Å². The van der Waals surface area contributed by atoms with E-state index in [0.29, 0.717) is 6.54 Å². The summed E-state index contributed by atoms with van der Waals surface area (Å²) in [4.78, 5) is 24.3. The van der Waals surface area contributed by atoms with Gasteiger partial charge < -0.3 is 14.8 Å². The molecular weight excluding hydrogens is 414 g/mol. The highest BCUT2D eigenvalue weighted by atomic mass is 16.5. The standard InChI is InChI=1S/C28H33NO4/c30-27(33-21-12-4-2-1-3-5-13-21)18-10-11-19-29-28(31)32-20-26-24-16-8-6-14-22(24)23-15-7-9-17-25(23)26/h6-11,14-17,21,26H,1-5,12-13,18-20H2,(H,29,31)/b11-10+. The zero-order chi connectivity index (χ0) is 22.9. The van der Waals surface area contributed by atoms with Gasteiger partial charge in [-0.1, -0.05) is 79.9 Å². The van der Waals surface area contributed by atoms with Crippen molar-refractivity contribution in [2.75, 3.05) is 13.2 Å². The second kappa shape index (κ2) is 11.7. The summed E-state index contributed by atoms with van der Waals surface area (Å²) in [5.74, 6) is -0.153. The van der Waals surface area contributed by atoms with Crippen LogP contribution in [-0.4, -0.2) is 31.3 Å². The van der Waals surface area contributed by atoms with E-state index in [1.165, 1.54) is 41.5 Å². The van der Waals surface area contributed by atoms with Crippen LogP contribution in [0.1, 0.15) is 68.4 Å². The fourth-order valence-corrected chi connectivity index (χ4v) is 4.83. The first kappa shape index (κ1) is 23.1. The minimum absolute atomic E-state index is 0.0433. The van der Waals surface area contributed by atoms with Crippen molar-refractivity contribution in [2.45, 2.75) is 63.4 Å². The molecule has 0 saturated heterocycles. The summed E-state index contributed by atoms with van der Waals surface area (Å²) >= 11 is 0. The van der Waals surface area contributed by atoms with Gasteiger partial charge >= 0.3 is 12.1 Å². The van der Waals surface area contributed by atoms with Crippen LogP contribution in [0.5, 0.6) is 0 Å². The molecule has 1 saturated carbocycles.